The van der Waals surface area contributed by atoms with E-state index in [1.165, 1.54) is 0 Å². The van der Waals surface area contributed by atoms with Gasteiger partial charge in [0, 0.05) is 13.6 Å². The van der Waals surface area contributed by atoms with Crippen LogP contribution in [0.5, 0.6) is 5.75 Å². The lowest BCUT2D eigenvalue weighted by molar-refractivity contribution is -0.124. The standard InChI is InChI=1S/C14H25N3O3/c1-9(2)14(5,19)8-15-12(18)7-20-13-10(3)16-17(6)11(13)4/h9,19H,7-8H2,1-6H3,(H,15,18). The van der Waals surface area contributed by atoms with Crippen LogP contribution in [0, 0.1) is 19.8 Å². The number of amides is 1. The second kappa shape index (κ2) is 6.26. The number of aromatic nitrogens is 2. The molecular formula is C14H25N3O3. The lowest BCUT2D eigenvalue weighted by Crippen LogP contribution is -2.45. The summed E-state index contributed by atoms with van der Waals surface area (Å²) < 4.78 is 7.21. The van der Waals surface area contributed by atoms with Crippen LogP contribution in [0.2, 0.25) is 0 Å². The van der Waals surface area contributed by atoms with Crippen LogP contribution in [0.25, 0.3) is 0 Å². The number of aliphatic hydroxyl groups is 1. The van der Waals surface area contributed by atoms with Crippen LogP contribution in [0.1, 0.15) is 32.2 Å². The van der Waals surface area contributed by atoms with E-state index in [-0.39, 0.29) is 25.0 Å². The zero-order valence-electron chi connectivity index (χ0n) is 13.1. The SMILES string of the molecule is Cc1nn(C)c(C)c1OCC(=O)NCC(C)(O)C(C)C. The second-order valence-electron chi connectivity index (χ2n) is 5.70. The zero-order valence-corrected chi connectivity index (χ0v) is 13.1. The van der Waals surface area contributed by atoms with Crippen molar-refractivity contribution in [3.63, 3.8) is 0 Å². The highest BCUT2D eigenvalue weighted by Crippen LogP contribution is 2.21. The molecule has 1 amide bonds. The van der Waals surface area contributed by atoms with E-state index < -0.39 is 5.60 Å². The Balaban J connectivity index is 2.48. The average molecular weight is 283 g/mol. The first kappa shape index (κ1) is 16.5. The molecule has 114 valence electrons. The Hall–Kier alpha value is -1.56. The molecule has 6 nitrogen and oxygen atoms in total. The molecule has 0 saturated carbocycles. The fourth-order valence-electron chi connectivity index (χ4n) is 1.63. The van der Waals surface area contributed by atoms with E-state index in [9.17, 15) is 9.90 Å². The summed E-state index contributed by atoms with van der Waals surface area (Å²) in [5.74, 6) is 0.443. The second-order valence-corrected chi connectivity index (χ2v) is 5.70. The monoisotopic (exact) mass is 283 g/mol. The van der Waals surface area contributed by atoms with Gasteiger partial charge in [0.25, 0.3) is 5.91 Å². The lowest BCUT2D eigenvalue weighted by atomic mass is 9.93. The van der Waals surface area contributed by atoms with E-state index in [2.05, 4.69) is 10.4 Å². The summed E-state index contributed by atoms with van der Waals surface area (Å²) >= 11 is 0. The molecule has 0 radical (unpaired) electrons. The summed E-state index contributed by atoms with van der Waals surface area (Å²) in [7, 11) is 1.83. The minimum absolute atomic E-state index is 0.0616. The number of nitrogens with zero attached hydrogens (tertiary/aromatic N) is 2. The largest absolute Gasteiger partial charge is 0.480 e. The van der Waals surface area contributed by atoms with Gasteiger partial charge in [-0.1, -0.05) is 13.8 Å². The van der Waals surface area contributed by atoms with Crippen LogP contribution in [0.4, 0.5) is 0 Å². The van der Waals surface area contributed by atoms with Crippen molar-refractivity contribution < 1.29 is 14.6 Å². The van der Waals surface area contributed by atoms with Gasteiger partial charge in [0.15, 0.2) is 12.4 Å². The Morgan fingerprint density at radius 2 is 2.10 bits per heavy atom. The van der Waals surface area contributed by atoms with Crippen LogP contribution in [0.3, 0.4) is 0 Å². The number of hydrogen-bond acceptors (Lipinski definition) is 4. The number of ether oxygens (including phenoxy) is 1. The topological polar surface area (TPSA) is 76.4 Å². The highest BCUT2D eigenvalue weighted by molar-refractivity contribution is 5.77. The molecule has 20 heavy (non-hydrogen) atoms. The number of aryl methyl sites for hydroxylation is 2. The minimum Gasteiger partial charge on any atom is -0.480 e. The molecular weight excluding hydrogens is 258 g/mol. The summed E-state index contributed by atoms with van der Waals surface area (Å²) in [6, 6.07) is 0. The first-order chi connectivity index (χ1) is 9.15. The third kappa shape index (κ3) is 3.96. The summed E-state index contributed by atoms with van der Waals surface area (Å²) in [4.78, 5) is 11.7. The summed E-state index contributed by atoms with van der Waals surface area (Å²) in [6.07, 6.45) is 0. The van der Waals surface area contributed by atoms with Gasteiger partial charge < -0.3 is 15.2 Å². The van der Waals surface area contributed by atoms with Crippen molar-refractivity contribution in [3.05, 3.63) is 11.4 Å². The molecule has 0 saturated heterocycles. The maximum absolute atomic E-state index is 11.7. The molecule has 0 spiro atoms. The molecule has 0 fully saturated rings. The van der Waals surface area contributed by atoms with Gasteiger partial charge in [0.05, 0.1) is 11.3 Å². The van der Waals surface area contributed by atoms with Crippen molar-refractivity contribution in [3.8, 4) is 5.75 Å². The Kier molecular flexibility index (Phi) is 5.16. The number of rotatable bonds is 6. The Labute approximate surface area is 120 Å². The molecule has 1 aromatic heterocycles. The molecule has 2 N–H and O–H groups in total. The Morgan fingerprint density at radius 3 is 2.55 bits per heavy atom. The third-order valence-corrected chi connectivity index (χ3v) is 3.68. The van der Waals surface area contributed by atoms with Gasteiger partial charge in [0.2, 0.25) is 0 Å². The molecule has 1 atom stereocenters. The lowest BCUT2D eigenvalue weighted by Gasteiger charge is -2.27. The Morgan fingerprint density at radius 1 is 1.50 bits per heavy atom. The van der Waals surface area contributed by atoms with Gasteiger partial charge in [-0.3, -0.25) is 9.48 Å². The van der Waals surface area contributed by atoms with Crippen LogP contribution in [0.15, 0.2) is 0 Å². The first-order valence-corrected chi connectivity index (χ1v) is 6.77. The van der Waals surface area contributed by atoms with Gasteiger partial charge in [-0.05, 0) is 26.7 Å². The molecule has 0 aliphatic rings. The van der Waals surface area contributed by atoms with Crippen molar-refractivity contribution in [1.29, 1.82) is 0 Å². The smallest absolute Gasteiger partial charge is 0.258 e. The van der Waals surface area contributed by atoms with Crippen LogP contribution in [-0.4, -0.2) is 39.5 Å². The van der Waals surface area contributed by atoms with Crippen molar-refractivity contribution in [2.24, 2.45) is 13.0 Å². The number of hydrogen-bond donors (Lipinski definition) is 2. The maximum Gasteiger partial charge on any atom is 0.258 e. The van der Waals surface area contributed by atoms with Crippen molar-refractivity contribution >= 4 is 5.91 Å². The van der Waals surface area contributed by atoms with Crippen LogP contribution in [-0.2, 0) is 11.8 Å². The minimum atomic E-state index is -0.921. The quantitative estimate of drug-likeness (QED) is 0.814. The predicted octanol–water partition coefficient (Wildman–Crippen LogP) is 0.939. The number of carbonyl (C=O) groups excluding carboxylic acids is 1. The molecule has 1 aromatic rings. The Bertz CT molecular complexity index is 478. The van der Waals surface area contributed by atoms with E-state index >= 15 is 0 Å². The van der Waals surface area contributed by atoms with E-state index in [1.807, 2.05) is 34.7 Å². The molecule has 0 bridgehead atoms. The van der Waals surface area contributed by atoms with E-state index in [0.717, 1.165) is 11.4 Å². The predicted molar refractivity (Wildman–Crippen MR) is 76.6 cm³/mol. The molecule has 1 unspecified atom stereocenters. The van der Waals surface area contributed by atoms with Crippen molar-refractivity contribution in [2.75, 3.05) is 13.2 Å². The van der Waals surface area contributed by atoms with Gasteiger partial charge in [-0.2, -0.15) is 5.10 Å². The molecule has 6 heteroatoms. The van der Waals surface area contributed by atoms with Crippen molar-refractivity contribution in [2.45, 2.75) is 40.2 Å². The molecule has 1 rings (SSSR count). The number of carbonyl (C=O) groups is 1. The van der Waals surface area contributed by atoms with E-state index in [4.69, 9.17) is 4.74 Å². The van der Waals surface area contributed by atoms with Gasteiger partial charge in [-0.25, -0.2) is 0 Å². The highest BCUT2D eigenvalue weighted by Gasteiger charge is 2.25. The fraction of sp³-hybridized carbons (Fsp3) is 0.714. The van der Waals surface area contributed by atoms with E-state index in [0.29, 0.717) is 5.75 Å². The molecule has 1 heterocycles. The van der Waals surface area contributed by atoms with Gasteiger partial charge in [-0.15, -0.1) is 0 Å². The van der Waals surface area contributed by atoms with Gasteiger partial charge >= 0.3 is 0 Å². The fourth-order valence-corrected chi connectivity index (χ4v) is 1.63. The summed E-state index contributed by atoms with van der Waals surface area (Å²) in [5, 5.41) is 16.9. The molecule has 0 aromatic carbocycles. The number of nitrogens with one attached hydrogen (secondary N) is 1. The summed E-state index contributed by atoms with van der Waals surface area (Å²) in [5.41, 5.74) is 0.715. The first-order valence-electron chi connectivity index (χ1n) is 6.77. The van der Waals surface area contributed by atoms with Crippen LogP contribution < -0.4 is 10.1 Å². The highest BCUT2D eigenvalue weighted by atomic mass is 16.5. The molecule has 0 aliphatic carbocycles. The third-order valence-electron chi connectivity index (χ3n) is 3.68. The maximum atomic E-state index is 11.7. The van der Waals surface area contributed by atoms with Gasteiger partial charge in [0.1, 0.15) is 5.69 Å². The zero-order chi connectivity index (χ0) is 15.5. The van der Waals surface area contributed by atoms with Crippen LogP contribution >= 0.6 is 0 Å². The molecule has 0 aliphatic heterocycles. The average Bonchev–Trinajstić information content (AvgIpc) is 2.59. The van der Waals surface area contributed by atoms with Crippen molar-refractivity contribution in [1.82, 2.24) is 15.1 Å². The normalized spacial score (nSPS) is 14.2. The van der Waals surface area contributed by atoms with E-state index in [1.54, 1.807) is 11.6 Å². The summed E-state index contributed by atoms with van der Waals surface area (Å²) in [6.45, 7) is 9.37.